The lowest BCUT2D eigenvalue weighted by Gasteiger charge is -2.24. The molecule has 4 heteroatoms. The molecule has 108 valence electrons. The Hall–Kier alpha value is -1.06. The molecule has 1 aliphatic heterocycles. The van der Waals surface area contributed by atoms with Crippen LogP contribution in [0, 0.1) is 5.92 Å². The van der Waals surface area contributed by atoms with Gasteiger partial charge >= 0.3 is 0 Å². The largest absolute Gasteiger partial charge is 0.335 e. The summed E-state index contributed by atoms with van der Waals surface area (Å²) in [5.74, 6) is 0.838. The molecule has 1 aromatic rings. The Morgan fingerprint density at radius 3 is 2.60 bits per heavy atom. The van der Waals surface area contributed by atoms with Gasteiger partial charge in [-0.25, -0.2) is 0 Å². The number of nitrogens with zero attached hydrogens (tertiary/aromatic N) is 1. The Morgan fingerprint density at radius 2 is 2.00 bits per heavy atom. The molecule has 20 heavy (non-hydrogen) atoms. The van der Waals surface area contributed by atoms with Crippen LogP contribution in [0.5, 0.6) is 0 Å². The van der Waals surface area contributed by atoms with Gasteiger partial charge in [0.25, 0.3) is 0 Å². The first-order valence-electron chi connectivity index (χ1n) is 7.47. The average Bonchev–Trinajstić information content (AvgIpc) is 3.15. The standard InChI is InChI=1S/C16H21ClN2O/c17-14-3-1-12(2-4-14)11-19(15-5-6-15)16(20)9-13-7-8-18-10-13/h1-4,13,15,18H,5-11H2. The number of amides is 1. The minimum absolute atomic E-state index is 0.316. The van der Waals surface area contributed by atoms with E-state index in [1.807, 2.05) is 24.3 Å². The Balaban J connectivity index is 1.62. The van der Waals surface area contributed by atoms with Crippen LogP contribution in [0.3, 0.4) is 0 Å². The first-order valence-corrected chi connectivity index (χ1v) is 7.85. The van der Waals surface area contributed by atoms with Gasteiger partial charge in [-0.1, -0.05) is 23.7 Å². The van der Waals surface area contributed by atoms with Crippen molar-refractivity contribution in [1.82, 2.24) is 10.2 Å². The van der Waals surface area contributed by atoms with E-state index in [-0.39, 0.29) is 0 Å². The lowest BCUT2D eigenvalue weighted by Crippen LogP contribution is -2.34. The maximum atomic E-state index is 12.5. The normalized spacial score (nSPS) is 21.9. The summed E-state index contributed by atoms with van der Waals surface area (Å²) >= 11 is 5.91. The minimum atomic E-state index is 0.316. The van der Waals surface area contributed by atoms with Gasteiger partial charge in [-0.15, -0.1) is 0 Å². The van der Waals surface area contributed by atoms with Crippen molar-refractivity contribution in [3.63, 3.8) is 0 Å². The van der Waals surface area contributed by atoms with Gasteiger partial charge in [0.2, 0.25) is 5.91 Å². The summed E-state index contributed by atoms with van der Waals surface area (Å²) in [6.45, 7) is 2.77. The van der Waals surface area contributed by atoms with Crippen LogP contribution in [0.4, 0.5) is 0 Å². The van der Waals surface area contributed by atoms with Gasteiger partial charge in [0, 0.05) is 24.0 Å². The van der Waals surface area contributed by atoms with Crippen molar-refractivity contribution in [2.75, 3.05) is 13.1 Å². The first-order chi connectivity index (χ1) is 9.72. The highest BCUT2D eigenvalue weighted by atomic mass is 35.5. The average molecular weight is 293 g/mol. The summed E-state index contributed by atoms with van der Waals surface area (Å²) in [5, 5.41) is 4.08. The highest BCUT2D eigenvalue weighted by Gasteiger charge is 2.33. The van der Waals surface area contributed by atoms with E-state index in [0.29, 0.717) is 24.3 Å². The molecule has 1 saturated carbocycles. The van der Waals surface area contributed by atoms with Crippen molar-refractivity contribution < 1.29 is 4.79 Å². The second-order valence-corrected chi connectivity index (χ2v) is 6.38. The fraction of sp³-hybridized carbons (Fsp3) is 0.562. The van der Waals surface area contributed by atoms with Crippen LogP contribution in [0.15, 0.2) is 24.3 Å². The predicted molar refractivity (Wildman–Crippen MR) is 80.6 cm³/mol. The summed E-state index contributed by atoms with van der Waals surface area (Å²) in [7, 11) is 0. The predicted octanol–water partition coefficient (Wildman–Crippen LogP) is 2.83. The van der Waals surface area contributed by atoms with Crippen molar-refractivity contribution in [2.24, 2.45) is 5.92 Å². The lowest BCUT2D eigenvalue weighted by molar-refractivity contribution is -0.133. The third-order valence-corrected chi connectivity index (χ3v) is 4.45. The lowest BCUT2D eigenvalue weighted by atomic mass is 10.0. The molecule has 1 heterocycles. The van der Waals surface area contributed by atoms with Crippen molar-refractivity contribution in [3.8, 4) is 0 Å². The SMILES string of the molecule is O=C(CC1CCNC1)N(Cc1ccc(Cl)cc1)C1CC1. The van der Waals surface area contributed by atoms with Crippen molar-refractivity contribution in [2.45, 2.75) is 38.3 Å². The molecular weight excluding hydrogens is 272 g/mol. The fourth-order valence-electron chi connectivity index (χ4n) is 2.85. The highest BCUT2D eigenvalue weighted by molar-refractivity contribution is 6.30. The van der Waals surface area contributed by atoms with Gasteiger partial charge in [-0.2, -0.15) is 0 Å². The van der Waals surface area contributed by atoms with Gasteiger partial charge in [0.05, 0.1) is 0 Å². The monoisotopic (exact) mass is 292 g/mol. The molecule has 1 atom stereocenters. The first kappa shape index (κ1) is 13.9. The number of hydrogen-bond acceptors (Lipinski definition) is 2. The molecule has 2 aliphatic rings. The van der Waals surface area contributed by atoms with Crippen molar-refractivity contribution in [3.05, 3.63) is 34.9 Å². The second-order valence-electron chi connectivity index (χ2n) is 5.94. The summed E-state index contributed by atoms with van der Waals surface area (Å²) in [4.78, 5) is 14.6. The van der Waals surface area contributed by atoms with E-state index < -0.39 is 0 Å². The summed E-state index contributed by atoms with van der Waals surface area (Å²) < 4.78 is 0. The van der Waals surface area contributed by atoms with E-state index in [0.717, 1.165) is 43.9 Å². The summed E-state index contributed by atoms with van der Waals surface area (Å²) in [6, 6.07) is 8.29. The van der Waals surface area contributed by atoms with Crippen LogP contribution in [0.25, 0.3) is 0 Å². The van der Waals surface area contributed by atoms with E-state index >= 15 is 0 Å². The number of rotatable bonds is 5. The van der Waals surface area contributed by atoms with E-state index in [2.05, 4.69) is 10.2 Å². The molecule has 1 saturated heterocycles. The van der Waals surface area contributed by atoms with Crippen molar-refractivity contribution >= 4 is 17.5 Å². The van der Waals surface area contributed by atoms with Crippen molar-refractivity contribution in [1.29, 1.82) is 0 Å². The van der Waals surface area contributed by atoms with Gasteiger partial charge < -0.3 is 10.2 Å². The van der Waals surface area contributed by atoms with Crippen LogP contribution < -0.4 is 5.32 Å². The maximum absolute atomic E-state index is 12.5. The van der Waals surface area contributed by atoms with Crippen LogP contribution in [0.2, 0.25) is 5.02 Å². The smallest absolute Gasteiger partial charge is 0.223 e. The molecule has 2 fully saturated rings. The van der Waals surface area contributed by atoms with Gasteiger partial charge in [0.15, 0.2) is 0 Å². The van der Waals surface area contributed by atoms with E-state index in [1.54, 1.807) is 0 Å². The number of halogens is 1. The van der Waals surface area contributed by atoms with E-state index in [1.165, 1.54) is 5.56 Å². The zero-order chi connectivity index (χ0) is 13.9. The van der Waals surface area contributed by atoms with Crippen LogP contribution in [0.1, 0.15) is 31.2 Å². The molecule has 0 radical (unpaired) electrons. The number of hydrogen-bond donors (Lipinski definition) is 1. The molecule has 0 spiro atoms. The number of carbonyl (C=O) groups is 1. The molecule has 1 N–H and O–H groups in total. The molecule has 0 bridgehead atoms. The second kappa shape index (κ2) is 6.15. The van der Waals surface area contributed by atoms with Gasteiger partial charge in [0.1, 0.15) is 0 Å². The third kappa shape index (κ3) is 3.53. The molecule has 3 nitrogen and oxygen atoms in total. The van der Waals surface area contributed by atoms with E-state index in [9.17, 15) is 4.79 Å². The molecule has 0 aromatic heterocycles. The van der Waals surface area contributed by atoms with Gasteiger partial charge in [-0.05, 0) is 56.0 Å². The summed E-state index contributed by atoms with van der Waals surface area (Å²) in [6.07, 6.45) is 4.13. The van der Waals surface area contributed by atoms with E-state index in [4.69, 9.17) is 11.6 Å². The quantitative estimate of drug-likeness (QED) is 0.905. The Bertz CT molecular complexity index is 464. The zero-order valence-corrected chi connectivity index (χ0v) is 12.4. The van der Waals surface area contributed by atoms with Crippen LogP contribution in [-0.4, -0.2) is 29.9 Å². The Labute approximate surface area is 125 Å². The molecule has 1 unspecified atom stereocenters. The topological polar surface area (TPSA) is 32.3 Å². The van der Waals surface area contributed by atoms with Crippen LogP contribution >= 0.6 is 11.6 Å². The zero-order valence-electron chi connectivity index (χ0n) is 11.6. The van der Waals surface area contributed by atoms with Crippen LogP contribution in [-0.2, 0) is 11.3 Å². The molecule has 1 aliphatic carbocycles. The van der Waals surface area contributed by atoms with Gasteiger partial charge in [-0.3, -0.25) is 4.79 Å². The number of carbonyl (C=O) groups excluding carboxylic acids is 1. The molecule has 1 aromatic carbocycles. The molecule has 3 rings (SSSR count). The number of benzene rings is 1. The maximum Gasteiger partial charge on any atom is 0.223 e. The third-order valence-electron chi connectivity index (χ3n) is 4.20. The summed E-state index contributed by atoms with van der Waals surface area (Å²) in [5.41, 5.74) is 1.17. The highest BCUT2D eigenvalue weighted by Crippen LogP contribution is 2.30. The minimum Gasteiger partial charge on any atom is -0.335 e. The Kier molecular flexibility index (Phi) is 4.27. The molecule has 1 amide bonds. The molecular formula is C16H21ClN2O. The fourth-order valence-corrected chi connectivity index (χ4v) is 2.97. The number of nitrogens with one attached hydrogen (secondary N) is 1. The Morgan fingerprint density at radius 1 is 1.25 bits per heavy atom.